The van der Waals surface area contributed by atoms with E-state index in [9.17, 15) is 4.79 Å². The van der Waals surface area contributed by atoms with E-state index in [1.807, 2.05) is 19.3 Å². The van der Waals surface area contributed by atoms with E-state index in [0.717, 1.165) is 23.3 Å². The van der Waals surface area contributed by atoms with Crippen LogP contribution in [0.25, 0.3) is 6.08 Å². The predicted octanol–water partition coefficient (Wildman–Crippen LogP) is 3.15. The summed E-state index contributed by atoms with van der Waals surface area (Å²) in [6.07, 6.45) is 15.5. The van der Waals surface area contributed by atoms with Crippen LogP contribution in [0, 0.1) is 23.2 Å². The van der Waals surface area contributed by atoms with E-state index in [2.05, 4.69) is 17.3 Å². The van der Waals surface area contributed by atoms with Crippen LogP contribution < -0.4 is 5.32 Å². The predicted molar refractivity (Wildman–Crippen MR) is 90.5 cm³/mol. The summed E-state index contributed by atoms with van der Waals surface area (Å²) in [6.45, 7) is 2.23. The normalized spacial score (nSPS) is 36.5. The summed E-state index contributed by atoms with van der Waals surface area (Å²) in [7, 11) is 1.88. The molecule has 1 heterocycles. The Bertz CT molecular complexity index is 595. The molecule has 4 aliphatic rings. The van der Waals surface area contributed by atoms with Gasteiger partial charge in [-0.15, -0.1) is 0 Å². The Hall–Kier alpha value is -1.58. The second kappa shape index (κ2) is 5.50. The molecule has 1 aromatic heterocycles. The first-order valence-corrected chi connectivity index (χ1v) is 9.00. The second-order valence-corrected chi connectivity index (χ2v) is 8.29. The maximum absolute atomic E-state index is 12.3. The van der Waals surface area contributed by atoms with Crippen molar-refractivity contribution in [1.29, 1.82) is 0 Å². The van der Waals surface area contributed by atoms with Gasteiger partial charge in [0.25, 0.3) is 0 Å². The lowest BCUT2D eigenvalue weighted by Gasteiger charge is -2.59. The van der Waals surface area contributed by atoms with Crippen molar-refractivity contribution in [3.8, 4) is 0 Å². The number of hydrogen-bond donors (Lipinski definition) is 1. The topological polar surface area (TPSA) is 46.9 Å². The molecule has 4 fully saturated rings. The molecule has 0 aromatic carbocycles. The van der Waals surface area contributed by atoms with Gasteiger partial charge in [-0.1, -0.05) is 0 Å². The number of amides is 1. The van der Waals surface area contributed by atoms with Gasteiger partial charge in [0.2, 0.25) is 5.91 Å². The van der Waals surface area contributed by atoms with Crippen molar-refractivity contribution in [2.45, 2.75) is 51.5 Å². The number of nitrogens with zero attached hydrogens (tertiary/aromatic N) is 2. The van der Waals surface area contributed by atoms with Crippen LogP contribution in [-0.4, -0.2) is 21.7 Å². The molecule has 23 heavy (non-hydrogen) atoms. The third kappa shape index (κ3) is 2.84. The van der Waals surface area contributed by atoms with E-state index >= 15 is 0 Å². The van der Waals surface area contributed by atoms with Crippen molar-refractivity contribution in [1.82, 2.24) is 15.1 Å². The molecule has 4 saturated carbocycles. The van der Waals surface area contributed by atoms with Gasteiger partial charge in [-0.05, 0) is 74.7 Å². The van der Waals surface area contributed by atoms with Gasteiger partial charge in [0.1, 0.15) is 0 Å². The number of aryl methyl sites for hydroxylation is 1. The van der Waals surface area contributed by atoms with Gasteiger partial charge in [0, 0.05) is 30.9 Å². The summed E-state index contributed by atoms with van der Waals surface area (Å²) in [5, 5.41) is 7.38. The van der Waals surface area contributed by atoms with Crippen molar-refractivity contribution in [2.24, 2.45) is 30.2 Å². The molecular weight excluding hydrogens is 286 g/mol. The number of hydrogen-bond acceptors (Lipinski definition) is 2. The van der Waals surface area contributed by atoms with Gasteiger partial charge < -0.3 is 5.32 Å². The number of nitrogens with one attached hydrogen (secondary N) is 1. The minimum atomic E-state index is 0.0251. The van der Waals surface area contributed by atoms with Crippen LogP contribution in [-0.2, 0) is 11.8 Å². The average molecular weight is 313 g/mol. The zero-order valence-corrected chi connectivity index (χ0v) is 14.2. The zero-order valence-electron chi connectivity index (χ0n) is 14.2. The lowest BCUT2D eigenvalue weighted by Crippen LogP contribution is -2.55. The highest BCUT2D eigenvalue weighted by molar-refractivity contribution is 5.91. The van der Waals surface area contributed by atoms with Gasteiger partial charge in [0.15, 0.2) is 0 Å². The number of carbonyl (C=O) groups excluding carboxylic acids is 1. The standard InChI is InChI=1S/C19H27N3O/c1-13(21-18(23)4-3-14-11-20-22(2)12-14)19-8-15-5-16(9-19)7-17(6-15)10-19/h3-4,11-13,15-17H,5-10H2,1-2H3,(H,21,23)/b4-3+/t13-,15?,16?,17?,19?/m1/s1. The summed E-state index contributed by atoms with van der Waals surface area (Å²) in [5.41, 5.74) is 1.33. The highest BCUT2D eigenvalue weighted by Gasteiger charge is 2.53. The number of aromatic nitrogens is 2. The molecule has 5 rings (SSSR count). The Balaban J connectivity index is 1.40. The average Bonchev–Trinajstić information content (AvgIpc) is 2.89. The van der Waals surface area contributed by atoms with Crippen LogP contribution in [0.15, 0.2) is 18.5 Å². The summed E-state index contributed by atoms with van der Waals surface area (Å²) < 4.78 is 1.75. The van der Waals surface area contributed by atoms with Crippen molar-refractivity contribution in [2.75, 3.05) is 0 Å². The van der Waals surface area contributed by atoms with Gasteiger partial charge in [-0.25, -0.2) is 0 Å². The molecule has 4 bridgehead atoms. The lowest BCUT2D eigenvalue weighted by atomic mass is 9.48. The van der Waals surface area contributed by atoms with Crippen LogP contribution in [0.3, 0.4) is 0 Å². The number of carbonyl (C=O) groups is 1. The minimum absolute atomic E-state index is 0.0251. The van der Waals surface area contributed by atoms with Crippen LogP contribution in [0.1, 0.15) is 51.0 Å². The van der Waals surface area contributed by atoms with E-state index < -0.39 is 0 Å². The van der Waals surface area contributed by atoms with Gasteiger partial charge in [0.05, 0.1) is 6.20 Å². The zero-order chi connectivity index (χ0) is 16.0. The molecule has 0 saturated heterocycles. The Kier molecular flexibility index (Phi) is 3.58. The Morgan fingerprint density at radius 3 is 2.43 bits per heavy atom. The summed E-state index contributed by atoms with van der Waals surface area (Å²) in [6, 6.07) is 0.280. The Morgan fingerprint density at radius 2 is 1.91 bits per heavy atom. The monoisotopic (exact) mass is 313 g/mol. The van der Waals surface area contributed by atoms with Crippen molar-refractivity contribution in [3.05, 3.63) is 24.0 Å². The maximum atomic E-state index is 12.3. The molecule has 0 radical (unpaired) electrons. The van der Waals surface area contributed by atoms with E-state index in [1.165, 1.54) is 38.5 Å². The molecule has 1 N–H and O–H groups in total. The fourth-order valence-corrected chi connectivity index (χ4v) is 5.82. The van der Waals surface area contributed by atoms with Crippen LogP contribution in [0.4, 0.5) is 0 Å². The van der Waals surface area contributed by atoms with E-state index in [-0.39, 0.29) is 11.9 Å². The third-order valence-electron chi connectivity index (χ3n) is 6.51. The molecular formula is C19H27N3O. The van der Waals surface area contributed by atoms with E-state index in [4.69, 9.17) is 0 Å². The SMILES string of the molecule is C[C@@H](NC(=O)/C=C/c1cnn(C)c1)C12CC3CC(CC(C3)C1)C2. The van der Waals surface area contributed by atoms with Crippen LogP contribution in [0.2, 0.25) is 0 Å². The smallest absolute Gasteiger partial charge is 0.244 e. The summed E-state index contributed by atoms with van der Waals surface area (Å²) in [5.74, 6) is 2.79. The van der Waals surface area contributed by atoms with Gasteiger partial charge in [-0.2, -0.15) is 5.10 Å². The molecule has 1 amide bonds. The molecule has 4 heteroatoms. The van der Waals surface area contributed by atoms with Gasteiger partial charge >= 0.3 is 0 Å². The fraction of sp³-hybridized carbons (Fsp3) is 0.684. The van der Waals surface area contributed by atoms with E-state index in [0.29, 0.717) is 5.41 Å². The van der Waals surface area contributed by atoms with E-state index in [1.54, 1.807) is 17.0 Å². The minimum Gasteiger partial charge on any atom is -0.350 e. The van der Waals surface area contributed by atoms with Crippen molar-refractivity contribution >= 4 is 12.0 Å². The highest BCUT2D eigenvalue weighted by atomic mass is 16.1. The molecule has 1 atom stereocenters. The maximum Gasteiger partial charge on any atom is 0.244 e. The first-order valence-electron chi connectivity index (χ1n) is 9.00. The first kappa shape index (κ1) is 15.0. The largest absolute Gasteiger partial charge is 0.350 e. The van der Waals surface area contributed by atoms with Crippen LogP contribution in [0.5, 0.6) is 0 Å². The van der Waals surface area contributed by atoms with Gasteiger partial charge in [-0.3, -0.25) is 9.48 Å². The third-order valence-corrected chi connectivity index (χ3v) is 6.51. The van der Waals surface area contributed by atoms with Crippen molar-refractivity contribution in [3.63, 3.8) is 0 Å². The molecule has 124 valence electrons. The summed E-state index contributed by atoms with van der Waals surface area (Å²) >= 11 is 0. The first-order chi connectivity index (χ1) is 11.0. The van der Waals surface area contributed by atoms with Crippen molar-refractivity contribution < 1.29 is 4.79 Å². The second-order valence-electron chi connectivity index (χ2n) is 8.29. The Morgan fingerprint density at radius 1 is 1.30 bits per heavy atom. The Labute approximate surface area is 138 Å². The molecule has 4 aliphatic carbocycles. The molecule has 1 aromatic rings. The quantitative estimate of drug-likeness (QED) is 0.868. The molecule has 4 nitrogen and oxygen atoms in total. The fourth-order valence-electron chi connectivity index (χ4n) is 5.82. The van der Waals surface area contributed by atoms with Crippen LogP contribution >= 0.6 is 0 Å². The lowest BCUT2D eigenvalue weighted by molar-refractivity contribution is -0.121. The molecule has 0 aliphatic heterocycles. The highest BCUT2D eigenvalue weighted by Crippen LogP contribution is 2.61. The molecule has 0 spiro atoms. The molecule has 0 unspecified atom stereocenters. The number of rotatable bonds is 4. The summed E-state index contributed by atoms with van der Waals surface area (Å²) in [4.78, 5) is 12.3.